The number of fused-ring (bicyclic) bond motifs is 1. The van der Waals surface area contributed by atoms with Gasteiger partial charge in [0.05, 0.1) is 22.0 Å². The zero-order chi connectivity index (χ0) is 23.4. The molecule has 33 heavy (non-hydrogen) atoms. The molecular formula is C23H20N2O6S2. The minimum absolute atomic E-state index is 0.0452. The molecule has 0 spiro atoms. The summed E-state index contributed by atoms with van der Waals surface area (Å²) in [4.78, 5) is 42.0. The minimum Gasteiger partial charge on any atom is -0.454 e. The van der Waals surface area contributed by atoms with Crippen LogP contribution in [-0.2, 0) is 15.3 Å². The number of Topliss-reactive ketones (excluding diaryl/α,β-unsaturated/α-hetero) is 1. The number of anilines is 1. The van der Waals surface area contributed by atoms with Gasteiger partial charge in [-0.2, -0.15) is 0 Å². The van der Waals surface area contributed by atoms with Crippen LogP contribution in [0.25, 0.3) is 0 Å². The highest BCUT2D eigenvalue weighted by Gasteiger charge is 2.21. The van der Waals surface area contributed by atoms with Crippen molar-refractivity contribution in [3.63, 3.8) is 0 Å². The molecular weight excluding hydrogens is 464 g/mol. The highest BCUT2D eigenvalue weighted by atomic mass is 32.2. The quantitative estimate of drug-likeness (QED) is 0.284. The molecule has 8 nitrogen and oxygen atoms in total. The van der Waals surface area contributed by atoms with Gasteiger partial charge in [-0.1, -0.05) is 0 Å². The van der Waals surface area contributed by atoms with Crippen molar-refractivity contribution in [2.45, 2.75) is 24.5 Å². The predicted octanol–water partition coefficient (Wildman–Crippen LogP) is 4.47. The number of rotatable bonds is 8. The van der Waals surface area contributed by atoms with E-state index in [9.17, 15) is 14.4 Å². The summed E-state index contributed by atoms with van der Waals surface area (Å²) in [6.45, 7) is 2.90. The van der Waals surface area contributed by atoms with Gasteiger partial charge in [-0.05, 0) is 44.2 Å². The molecule has 1 aliphatic rings. The van der Waals surface area contributed by atoms with Gasteiger partial charge in [-0.3, -0.25) is 9.59 Å². The fourth-order valence-corrected chi connectivity index (χ4v) is 4.57. The number of hydrogen-bond acceptors (Lipinski definition) is 9. The number of hydrogen-bond donors (Lipinski definition) is 1. The molecule has 2 heterocycles. The van der Waals surface area contributed by atoms with E-state index in [-0.39, 0.29) is 23.8 Å². The molecule has 0 bridgehead atoms. The second-order valence-corrected chi connectivity index (χ2v) is 9.21. The molecule has 0 unspecified atom stereocenters. The Kier molecular flexibility index (Phi) is 6.95. The highest BCUT2D eigenvalue weighted by molar-refractivity contribution is 7.98. The Morgan fingerprint density at radius 1 is 1.15 bits per heavy atom. The summed E-state index contributed by atoms with van der Waals surface area (Å²) in [7, 11) is 0. The molecule has 10 heteroatoms. The average molecular weight is 485 g/mol. The van der Waals surface area contributed by atoms with Crippen LogP contribution in [0.1, 0.15) is 38.3 Å². The van der Waals surface area contributed by atoms with E-state index < -0.39 is 18.5 Å². The third-order valence-electron chi connectivity index (χ3n) is 4.64. The number of aromatic nitrogens is 1. The number of thioether (sulfide) groups is 1. The van der Waals surface area contributed by atoms with E-state index in [1.165, 1.54) is 19.1 Å². The first kappa shape index (κ1) is 22.8. The Labute approximate surface area is 198 Å². The topological polar surface area (TPSA) is 104 Å². The Bertz CT molecular complexity index is 1210. The Balaban J connectivity index is 1.30. The lowest BCUT2D eigenvalue weighted by Crippen LogP contribution is -2.22. The van der Waals surface area contributed by atoms with Crippen LogP contribution >= 0.6 is 23.1 Å². The van der Waals surface area contributed by atoms with Crippen LogP contribution in [0.5, 0.6) is 11.5 Å². The number of carbonyl (C=O) groups excluding carboxylic acids is 3. The number of nitrogens with zero attached hydrogens (tertiary/aromatic N) is 1. The molecule has 0 saturated heterocycles. The van der Waals surface area contributed by atoms with E-state index in [1.54, 1.807) is 35.2 Å². The van der Waals surface area contributed by atoms with Gasteiger partial charge in [-0.25, -0.2) is 9.78 Å². The van der Waals surface area contributed by atoms with E-state index in [0.717, 1.165) is 21.3 Å². The molecule has 1 aromatic heterocycles. The first-order chi connectivity index (χ1) is 15.9. The lowest BCUT2D eigenvalue weighted by Gasteiger charge is -2.11. The number of aryl methyl sites for hydroxylation is 1. The van der Waals surface area contributed by atoms with Crippen LogP contribution in [0.3, 0.4) is 0 Å². The molecule has 0 radical (unpaired) electrons. The third-order valence-corrected chi connectivity index (χ3v) is 6.51. The first-order valence-corrected chi connectivity index (χ1v) is 11.8. The largest absolute Gasteiger partial charge is 0.454 e. The number of esters is 1. The second-order valence-electron chi connectivity index (χ2n) is 7.10. The molecule has 1 N–H and O–H groups in total. The number of benzene rings is 2. The van der Waals surface area contributed by atoms with Crippen molar-refractivity contribution in [3.8, 4) is 11.5 Å². The Hall–Kier alpha value is -3.37. The van der Waals surface area contributed by atoms with Crippen molar-refractivity contribution in [1.82, 2.24) is 4.98 Å². The van der Waals surface area contributed by atoms with Gasteiger partial charge in [0.1, 0.15) is 0 Å². The smallest absolute Gasteiger partial charge is 0.338 e. The molecule has 170 valence electrons. The van der Waals surface area contributed by atoms with Crippen LogP contribution in [0.15, 0.2) is 46.7 Å². The van der Waals surface area contributed by atoms with E-state index in [0.29, 0.717) is 17.1 Å². The maximum absolute atomic E-state index is 12.3. The Morgan fingerprint density at radius 2 is 1.88 bits per heavy atom. The lowest BCUT2D eigenvalue weighted by molar-refractivity contribution is -0.119. The van der Waals surface area contributed by atoms with Crippen LogP contribution in [0.4, 0.5) is 5.69 Å². The standard InChI is InChI=1S/C23H20N2O6S2/c1-13(26)18-7-20-21(31-12-30-20)8-19(18)25-22(27)9-29-23(28)15-3-5-17(6-4-15)33-11-16-10-32-14(2)24-16/h3-8,10H,9,11-12H2,1-2H3,(H,25,27). The fourth-order valence-electron chi connectivity index (χ4n) is 3.06. The first-order valence-electron chi connectivity index (χ1n) is 9.94. The molecule has 0 aliphatic carbocycles. The molecule has 4 rings (SSSR count). The molecule has 3 aromatic rings. The zero-order valence-electron chi connectivity index (χ0n) is 17.9. The lowest BCUT2D eigenvalue weighted by atomic mass is 10.1. The van der Waals surface area contributed by atoms with Gasteiger partial charge in [0.25, 0.3) is 5.91 Å². The summed E-state index contributed by atoms with van der Waals surface area (Å²) < 4.78 is 15.7. The second kappa shape index (κ2) is 10.1. The Morgan fingerprint density at radius 3 is 2.55 bits per heavy atom. The minimum atomic E-state index is -0.616. The van der Waals surface area contributed by atoms with Crippen molar-refractivity contribution in [2.24, 2.45) is 0 Å². The van der Waals surface area contributed by atoms with Gasteiger partial charge in [0.15, 0.2) is 23.9 Å². The molecule has 2 aromatic carbocycles. The fraction of sp³-hybridized carbons (Fsp3) is 0.217. The monoisotopic (exact) mass is 484 g/mol. The number of carbonyl (C=O) groups is 3. The molecule has 1 amide bonds. The van der Waals surface area contributed by atoms with Crippen molar-refractivity contribution < 1.29 is 28.6 Å². The van der Waals surface area contributed by atoms with Gasteiger partial charge in [-0.15, -0.1) is 23.1 Å². The predicted molar refractivity (Wildman–Crippen MR) is 124 cm³/mol. The average Bonchev–Trinajstić information content (AvgIpc) is 3.43. The maximum Gasteiger partial charge on any atom is 0.338 e. The summed E-state index contributed by atoms with van der Waals surface area (Å²) in [6.07, 6.45) is 0. The van der Waals surface area contributed by atoms with Gasteiger partial charge >= 0.3 is 5.97 Å². The number of amides is 1. The SMILES string of the molecule is CC(=O)c1cc2c(cc1NC(=O)COC(=O)c1ccc(SCc3csc(C)n3)cc1)OCO2. The van der Waals surface area contributed by atoms with Gasteiger partial charge < -0.3 is 19.5 Å². The van der Waals surface area contributed by atoms with Crippen LogP contribution in [-0.4, -0.2) is 36.0 Å². The van der Waals surface area contributed by atoms with Crippen LogP contribution in [0.2, 0.25) is 0 Å². The van der Waals surface area contributed by atoms with Crippen molar-refractivity contribution in [1.29, 1.82) is 0 Å². The van der Waals surface area contributed by atoms with Crippen molar-refractivity contribution in [3.05, 3.63) is 63.6 Å². The maximum atomic E-state index is 12.3. The van der Waals surface area contributed by atoms with Crippen molar-refractivity contribution >= 4 is 46.4 Å². The normalized spacial score (nSPS) is 11.8. The number of thiazole rings is 1. The van der Waals surface area contributed by atoms with Crippen LogP contribution in [0, 0.1) is 6.92 Å². The molecule has 0 atom stereocenters. The van der Waals surface area contributed by atoms with E-state index in [2.05, 4.69) is 10.3 Å². The molecule has 1 aliphatic heterocycles. The summed E-state index contributed by atoms with van der Waals surface area (Å²) in [5.74, 6) is 0.174. The van der Waals surface area contributed by atoms with Crippen molar-refractivity contribution in [2.75, 3.05) is 18.7 Å². The van der Waals surface area contributed by atoms with Gasteiger partial charge in [0, 0.05) is 27.7 Å². The van der Waals surface area contributed by atoms with Crippen LogP contribution < -0.4 is 14.8 Å². The van der Waals surface area contributed by atoms with E-state index in [1.807, 2.05) is 24.4 Å². The summed E-state index contributed by atoms with van der Waals surface area (Å²) in [6, 6.07) is 9.99. The zero-order valence-corrected chi connectivity index (χ0v) is 19.5. The summed E-state index contributed by atoms with van der Waals surface area (Å²) >= 11 is 3.23. The number of ether oxygens (including phenoxy) is 3. The van der Waals surface area contributed by atoms with E-state index in [4.69, 9.17) is 14.2 Å². The highest BCUT2D eigenvalue weighted by Crippen LogP contribution is 2.37. The number of ketones is 1. The number of nitrogens with one attached hydrogen (secondary N) is 1. The summed E-state index contributed by atoms with van der Waals surface area (Å²) in [5.41, 5.74) is 1.90. The summed E-state index contributed by atoms with van der Waals surface area (Å²) in [5, 5.41) is 5.65. The third kappa shape index (κ3) is 5.71. The van der Waals surface area contributed by atoms with Gasteiger partial charge in [0.2, 0.25) is 6.79 Å². The van der Waals surface area contributed by atoms with E-state index >= 15 is 0 Å². The molecule has 0 fully saturated rings. The molecule has 0 saturated carbocycles.